The molecular weight excluding hydrogens is 202 g/mol. The van der Waals surface area contributed by atoms with Gasteiger partial charge in [0.1, 0.15) is 5.82 Å². The third-order valence-electron chi connectivity index (χ3n) is 2.66. The summed E-state index contributed by atoms with van der Waals surface area (Å²) >= 11 is 0. The molecule has 0 aliphatic rings. The molecule has 0 bridgehead atoms. The highest BCUT2D eigenvalue weighted by Gasteiger charge is 2.07. The Kier molecular flexibility index (Phi) is 3.19. The van der Waals surface area contributed by atoms with Crippen molar-refractivity contribution in [2.45, 2.75) is 26.7 Å². The lowest BCUT2D eigenvalue weighted by atomic mass is 10.2. The van der Waals surface area contributed by atoms with Crippen LogP contribution in [-0.4, -0.2) is 28.7 Å². The van der Waals surface area contributed by atoms with Gasteiger partial charge >= 0.3 is 0 Å². The van der Waals surface area contributed by atoms with Crippen LogP contribution in [0.1, 0.15) is 24.0 Å². The van der Waals surface area contributed by atoms with Gasteiger partial charge in [-0.25, -0.2) is 9.97 Å². The summed E-state index contributed by atoms with van der Waals surface area (Å²) in [5.41, 5.74) is 4.12. The number of nitrogens with one attached hydrogen (secondary N) is 1. The average molecular weight is 219 g/mol. The number of rotatable bonds is 4. The molecule has 0 unspecified atom stereocenters. The number of imidazole rings is 1. The fourth-order valence-corrected chi connectivity index (χ4v) is 1.76. The maximum Gasteiger partial charge on any atom is 0.178 e. The minimum absolute atomic E-state index is 0.697. The predicted octanol–water partition coefficient (Wildman–Crippen LogP) is 2.02. The third kappa shape index (κ3) is 2.07. The molecular formula is C12H17N3O. The van der Waals surface area contributed by atoms with Crippen molar-refractivity contribution in [1.29, 1.82) is 0 Å². The van der Waals surface area contributed by atoms with Gasteiger partial charge < -0.3 is 9.72 Å². The third-order valence-corrected chi connectivity index (χ3v) is 2.66. The molecule has 4 nitrogen and oxygen atoms in total. The fraction of sp³-hybridized carbons (Fsp3) is 0.500. The summed E-state index contributed by atoms with van der Waals surface area (Å²) in [6.07, 6.45) is 1.74. The second-order valence-corrected chi connectivity index (χ2v) is 3.91. The zero-order valence-electron chi connectivity index (χ0n) is 10.0. The molecule has 0 aliphatic carbocycles. The van der Waals surface area contributed by atoms with E-state index in [4.69, 9.17) is 4.74 Å². The van der Waals surface area contributed by atoms with Gasteiger partial charge in [-0.15, -0.1) is 0 Å². The van der Waals surface area contributed by atoms with Gasteiger partial charge in [0.15, 0.2) is 5.65 Å². The summed E-state index contributed by atoms with van der Waals surface area (Å²) in [6.45, 7) is 4.86. The van der Waals surface area contributed by atoms with E-state index < -0.39 is 0 Å². The summed E-state index contributed by atoms with van der Waals surface area (Å²) in [5.74, 6) is 0.995. The van der Waals surface area contributed by atoms with Crippen molar-refractivity contribution in [1.82, 2.24) is 15.0 Å². The van der Waals surface area contributed by atoms with Gasteiger partial charge in [-0.05, 0) is 18.6 Å². The monoisotopic (exact) mass is 219 g/mol. The van der Waals surface area contributed by atoms with E-state index in [-0.39, 0.29) is 0 Å². The average Bonchev–Trinajstić information content (AvgIpc) is 2.70. The number of fused-ring (bicyclic) bond motifs is 1. The molecule has 2 rings (SSSR count). The first-order valence-corrected chi connectivity index (χ1v) is 5.58. The van der Waals surface area contributed by atoms with Gasteiger partial charge in [-0.3, -0.25) is 0 Å². The van der Waals surface area contributed by atoms with Crippen molar-refractivity contribution < 1.29 is 4.74 Å². The molecule has 2 aromatic heterocycles. The van der Waals surface area contributed by atoms with E-state index >= 15 is 0 Å². The molecule has 86 valence electrons. The number of aromatic nitrogens is 3. The lowest BCUT2D eigenvalue weighted by Gasteiger charge is -2.01. The van der Waals surface area contributed by atoms with Gasteiger partial charge in [0, 0.05) is 25.6 Å². The molecule has 2 aromatic rings. The number of nitrogens with zero attached hydrogens (tertiary/aromatic N) is 2. The summed E-state index contributed by atoms with van der Waals surface area (Å²) in [4.78, 5) is 12.3. The van der Waals surface area contributed by atoms with E-state index in [2.05, 4.69) is 34.9 Å². The van der Waals surface area contributed by atoms with Gasteiger partial charge in [0.2, 0.25) is 0 Å². The Morgan fingerprint density at radius 1 is 1.38 bits per heavy atom. The first-order valence-electron chi connectivity index (χ1n) is 5.58. The molecule has 0 aromatic carbocycles. The molecule has 16 heavy (non-hydrogen) atoms. The number of H-pyrrole nitrogens is 1. The quantitative estimate of drug-likeness (QED) is 0.855. The normalized spacial score (nSPS) is 11.2. The first-order chi connectivity index (χ1) is 7.74. The number of hydrogen-bond donors (Lipinski definition) is 1. The zero-order valence-corrected chi connectivity index (χ0v) is 10.0. The highest BCUT2D eigenvalue weighted by molar-refractivity contribution is 5.74. The second kappa shape index (κ2) is 4.61. The van der Waals surface area contributed by atoms with Crippen LogP contribution in [0.4, 0.5) is 0 Å². The van der Waals surface area contributed by atoms with E-state index in [0.717, 1.165) is 35.5 Å². The summed E-state index contributed by atoms with van der Waals surface area (Å²) in [5, 5.41) is 0. The van der Waals surface area contributed by atoms with Crippen LogP contribution in [0, 0.1) is 6.92 Å². The molecule has 2 heterocycles. The van der Waals surface area contributed by atoms with Crippen LogP contribution in [0.3, 0.4) is 0 Å². The van der Waals surface area contributed by atoms with Crippen LogP contribution in [0.25, 0.3) is 11.2 Å². The van der Waals surface area contributed by atoms with Crippen molar-refractivity contribution >= 4 is 11.2 Å². The number of pyridine rings is 1. The Hall–Kier alpha value is -1.42. The zero-order chi connectivity index (χ0) is 11.5. The minimum atomic E-state index is 0.697. The number of ether oxygens (including phenoxy) is 1. The van der Waals surface area contributed by atoms with Crippen LogP contribution in [0.5, 0.6) is 0 Å². The molecule has 0 saturated carbocycles. The van der Waals surface area contributed by atoms with Gasteiger partial charge in [0.25, 0.3) is 0 Å². The summed E-state index contributed by atoms with van der Waals surface area (Å²) < 4.78 is 5.06. The Bertz CT molecular complexity index is 490. The largest absolute Gasteiger partial charge is 0.384 e. The number of methoxy groups -OCH3 is 1. The topological polar surface area (TPSA) is 50.8 Å². The van der Waals surface area contributed by atoms with Crippen molar-refractivity contribution in [3.05, 3.63) is 23.1 Å². The highest BCUT2D eigenvalue weighted by Crippen LogP contribution is 2.16. The molecule has 4 heteroatoms. The minimum Gasteiger partial charge on any atom is -0.384 e. The number of hydrogen-bond acceptors (Lipinski definition) is 3. The summed E-state index contributed by atoms with van der Waals surface area (Å²) in [7, 11) is 1.70. The van der Waals surface area contributed by atoms with E-state index in [1.165, 1.54) is 5.56 Å². The van der Waals surface area contributed by atoms with Crippen LogP contribution < -0.4 is 0 Å². The Balaban J connectivity index is 2.40. The van der Waals surface area contributed by atoms with E-state index in [9.17, 15) is 0 Å². The highest BCUT2D eigenvalue weighted by atomic mass is 16.5. The van der Waals surface area contributed by atoms with Crippen LogP contribution >= 0.6 is 0 Å². The predicted molar refractivity (Wildman–Crippen MR) is 63.6 cm³/mol. The van der Waals surface area contributed by atoms with Crippen LogP contribution in [0.2, 0.25) is 0 Å². The Morgan fingerprint density at radius 2 is 2.19 bits per heavy atom. The molecule has 0 saturated heterocycles. The van der Waals surface area contributed by atoms with E-state index in [1.54, 1.807) is 7.11 Å². The van der Waals surface area contributed by atoms with Crippen LogP contribution in [0.15, 0.2) is 6.07 Å². The molecule has 0 atom stereocenters. The van der Waals surface area contributed by atoms with Gasteiger partial charge in [-0.1, -0.05) is 6.92 Å². The van der Waals surface area contributed by atoms with Crippen molar-refractivity contribution in [3.8, 4) is 0 Å². The lowest BCUT2D eigenvalue weighted by Crippen LogP contribution is -1.98. The fourth-order valence-electron chi connectivity index (χ4n) is 1.76. The van der Waals surface area contributed by atoms with Gasteiger partial charge in [0.05, 0.1) is 12.1 Å². The van der Waals surface area contributed by atoms with Crippen molar-refractivity contribution in [3.63, 3.8) is 0 Å². The molecule has 0 spiro atoms. The Labute approximate surface area is 95.1 Å². The maximum absolute atomic E-state index is 5.06. The van der Waals surface area contributed by atoms with Crippen molar-refractivity contribution in [2.24, 2.45) is 0 Å². The first kappa shape index (κ1) is 11.1. The van der Waals surface area contributed by atoms with E-state index in [1.807, 2.05) is 0 Å². The SMILES string of the molecule is CCc1nc2nc(CCOC)cc(C)c2[nH]1. The molecule has 0 aliphatic heterocycles. The lowest BCUT2D eigenvalue weighted by molar-refractivity contribution is 0.201. The Morgan fingerprint density at radius 3 is 2.88 bits per heavy atom. The molecule has 0 amide bonds. The smallest absolute Gasteiger partial charge is 0.178 e. The van der Waals surface area contributed by atoms with Crippen LogP contribution in [-0.2, 0) is 17.6 Å². The second-order valence-electron chi connectivity index (χ2n) is 3.91. The van der Waals surface area contributed by atoms with Crippen molar-refractivity contribution in [2.75, 3.05) is 13.7 Å². The molecule has 1 N–H and O–H groups in total. The number of aryl methyl sites for hydroxylation is 2. The van der Waals surface area contributed by atoms with E-state index in [0.29, 0.717) is 6.61 Å². The van der Waals surface area contributed by atoms with Gasteiger partial charge in [-0.2, -0.15) is 0 Å². The molecule has 0 radical (unpaired) electrons. The maximum atomic E-state index is 5.06. The molecule has 0 fully saturated rings. The standard InChI is InChI=1S/C12H17N3O/c1-4-10-14-11-8(2)7-9(5-6-16-3)13-12(11)15-10/h7H,4-6H2,1-3H3,(H,13,14,15). The number of aromatic amines is 1. The summed E-state index contributed by atoms with van der Waals surface area (Å²) in [6, 6.07) is 2.10.